The van der Waals surface area contributed by atoms with Crippen LogP contribution in [0.1, 0.15) is 11.1 Å². The van der Waals surface area contributed by atoms with Crippen LogP contribution in [0.5, 0.6) is 11.5 Å². The zero-order valence-electron chi connectivity index (χ0n) is 16.3. The lowest BCUT2D eigenvalue weighted by molar-refractivity contribution is -0.133. The summed E-state index contributed by atoms with van der Waals surface area (Å²) in [6.45, 7) is 0.880. The van der Waals surface area contributed by atoms with Crippen LogP contribution in [0.15, 0.2) is 51.9 Å². The van der Waals surface area contributed by atoms with Crippen LogP contribution in [0.2, 0.25) is 0 Å². The lowest BCUT2D eigenvalue weighted by Gasteiger charge is -2.29. The first-order valence-electron chi connectivity index (χ1n) is 9.22. The van der Waals surface area contributed by atoms with E-state index in [2.05, 4.69) is 5.10 Å². The number of carbonyl (C=O) groups is 1. The monoisotopic (exact) mass is 395 g/mol. The van der Waals surface area contributed by atoms with Crippen LogP contribution in [0.3, 0.4) is 0 Å². The van der Waals surface area contributed by atoms with Crippen LogP contribution in [-0.2, 0) is 24.3 Å². The molecule has 0 radical (unpaired) electrons. The number of rotatable bonds is 5. The Morgan fingerprint density at radius 1 is 1.14 bits per heavy atom. The summed E-state index contributed by atoms with van der Waals surface area (Å²) in [7, 11) is 3.19. The number of fused-ring (bicyclic) bond motifs is 1. The SMILES string of the molecule is COc1cc2c(cc1OC)CN(C(=O)Cn1nc(-c3ccco3)ccc1=O)CC2. The molecule has 150 valence electrons. The molecule has 0 spiro atoms. The number of amides is 1. The van der Waals surface area contributed by atoms with E-state index in [0.29, 0.717) is 42.5 Å². The van der Waals surface area contributed by atoms with E-state index in [-0.39, 0.29) is 18.0 Å². The van der Waals surface area contributed by atoms with E-state index in [9.17, 15) is 9.59 Å². The molecule has 1 aromatic carbocycles. The van der Waals surface area contributed by atoms with Gasteiger partial charge in [0.1, 0.15) is 12.2 Å². The minimum absolute atomic E-state index is 0.129. The largest absolute Gasteiger partial charge is 0.493 e. The summed E-state index contributed by atoms with van der Waals surface area (Å²) < 4.78 is 17.2. The van der Waals surface area contributed by atoms with Gasteiger partial charge in [0.05, 0.1) is 20.5 Å². The van der Waals surface area contributed by atoms with Gasteiger partial charge in [0.25, 0.3) is 5.56 Å². The highest BCUT2D eigenvalue weighted by Crippen LogP contribution is 2.33. The standard InChI is InChI=1S/C21H21N3O5/c1-27-18-10-14-7-8-23(12-15(14)11-19(18)28-2)21(26)13-24-20(25)6-5-16(22-24)17-4-3-9-29-17/h3-6,9-11H,7-8,12-13H2,1-2H3. The van der Waals surface area contributed by atoms with Gasteiger partial charge in [-0.25, -0.2) is 4.68 Å². The maximum absolute atomic E-state index is 12.9. The van der Waals surface area contributed by atoms with Crippen molar-refractivity contribution in [2.45, 2.75) is 19.5 Å². The minimum Gasteiger partial charge on any atom is -0.493 e. The number of benzene rings is 1. The first-order chi connectivity index (χ1) is 14.1. The summed E-state index contributed by atoms with van der Waals surface area (Å²) in [5, 5.41) is 4.27. The molecule has 4 rings (SSSR count). The van der Waals surface area contributed by atoms with Crippen molar-refractivity contribution in [1.29, 1.82) is 0 Å². The van der Waals surface area contributed by atoms with Crippen molar-refractivity contribution in [3.63, 3.8) is 0 Å². The van der Waals surface area contributed by atoms with Crippen LogP contribution < -0.4 is 15.0 Å². The van der Waals surface area contributed by atoms with Crippen molar-refractivity contribution < 1.29 is 18.7 Å². The van der Waals surface area contributed by atoms with E-state index in [1.165, 1.54) is 17.0 Å². The van der Waals surface area contributed by atoms with E-state index in [0.717, 1.165) is 11.1 Å². The van der Waals surface area contributed by atoms with E-state index in [1.807, 2.05) is 12.1 Å². The van der Waals surface area contributed by atoms with E-state index < -0.39 is 0 Å². The zero-order valence-corrected chi connectivity index (χ0v) is 16.3. The van der Waals surface area contributed by atoms with Gasteiger partial charge < -0.3 is 18.8 Å². The van der Waals surface area contributed by atoms with Crippen LogP contribution in [0, 0.1) is 0 Å². The number of furan rings is 1. The molecule has 0 bridgehead atoms. The first kappa shape index (κ1) is 18.8. The molecule has 0 N–H and O–H groups in total. The highest BCUT2D eigenvalue weighted by Gasteiger charge is 2.23. The number of carbonyl (C=O) groups excluding carboxylic acids is 1. The van der Waals surface area contributed by atoms with Gasteiger partial charge in [-0.3, -0.25) is 9.59 Å². The summed E-state index contributed by atoms with van der Waals surface area (Å²) >= 11 is 0. The Hall–Kier alpha value is -3.55. The van der Waals surface area contributed by atoms with E-state index in [4.69, 9.17) is 13.9 Å². The third kappa shape index (κ3) is 3.73. The fourth-order valence-electron chi connectivity index (χ4n) is 3.44. The van der Waals surface area contributed by atoms with Crippen LogP contribution in [0.25, 0.3) is 11.5 Å². The summed E-state index contributed by atoms with van der Waals surface area (Å²) in [4.78, 5) is 26.8. The fraction of sp³-hybridized carbons (Fsp3) is 0.286. The molecule has 8 heteroatoms. The predicted molar refractivity (Wildman–Crippen MR) is 105 cm³/mol. The van der Waals surface area contributed by atoms with E-state index in [1.54, 1.807) is 37.3 Å². The Morgan fingerprint density at radius 3 is 2.59 bits per heavy atom. The van der Waals surface area contributed by atoms with Crippen molar-refractivity contribution in [3.05, 3.63) is 64.1 Å². The third-order valence-electron chi connectivity index (χ3n) is 5.00. The molecular weight excluding hydrogens is 374 g/mol. The Morgan fingerprint density at radius 2 is 1.90 bits per heavy atom. The second-order valence-corrected chi connectivity index (χ2v) is 6.73. The van der Waals surface area contributed by atoms with Gasteiger partial charge in [0.15, 0.2) is 17.3 Å². The first-order valence-corrected chi connectivity index (χ1v) is 9.22. The maximum atomic E-state index is 12.9. The Balaban J connectivity index is 1.53. The second kappa shape index (κ2) is 7.83. The molecule has 0 saturated heterocycles. The van der Waals surface area contributed by atoms with Gasteiger partial charge in [-0.1, -0.05) is 0 Å². The van der Waals surface area contributed by atoms with Crippen molar-refractivity contribution in [1.82, 2.24) is 14.7 Å². The highest BCUT2D eigenvalue weighted by atomic mass is 16.5. The summed E-state index contributed by atoms with van der Waals surface area (Å²) in [6.07, 6.45) is 2.24. The molecule has 8 nitrogen and oxygen atoms in total. The average molecular weight is 395 g/mol. The lowest BCUT2D eigenvalue weighted by Crippen LogP contribution is -2.40. The van der Waals surface area contributed by atoms with Crippen molar-refractivity contribution in [2.24, 2.45) is 0 Å². The molecule has 29 heavy (non-hydrogen) atoms. The minimum atomic E-state index is -0.336. The summed E-state index contributed by atoms with van der Waals surface area (Å²) in [6, 6.07) is 10.3. The van der Waals surface area contributed by atoms with Crippen LogP contribution in [-0.4, -0.2) is 41.4 Å². The van der Waals surface area contributed by atoms with Gasteiger partial charge >= 0.3 is 0 Å². The highest BCUT2D eigenvalue weighted by molar-refractivity contribution is 5.76. The molecule has 2 aromatic heterocycles. The molecule has 0 aliphatic carbocycles. The normalized spacial score (nSPS) is 13.1. The topological polar surface area (TPSA) is 86.8 Å². The van der Waals surface area contributed by atoms with Crippen LogP contribution >= 0.6 is 0 Å². The second-order valence-electron chi connectivity index (χ2n) is 6.73. The van der Waals surface area contributed by atoms with E-state index >= 15 is 0 Å². The zero-order chi connectivity index (χ0) is 20.4. The molecule has 0 atom stereocenters. The van der Waals surface area contributed by atoms with Crippen LogP contribution in [0.4, 0.5) is 0 Å². The van der Waals surface area contributed by atoms with Crippen molar-refractivity contribution >= 4 is 5.91 Å². The molecule has 0 fully saturated rings. The number of hydrogen-bond donors (Lipinski definition) is 0. The van der Waals surface area contributed by atoms with Crippen molar-refractivity contribution in [2.75, 3.05) is 20.8 Å². The third-order valence-corrected chi connectivity index (χ3v) is 5.00. The fourth-order valence-corrected chi connectivity index (χ4v) is 3.44. The molecule has 1 aliphatic rings. The summed E-state index contributed by atoms with van der Waals surface area (Å²) in [5.74, 6) is 1.68. The molecule has 1 aliphatic heterocycles. The number of methoxy groups -OCH3 is 2. The van der Waals surface area contributed by atoms with Gasteiger partial charge in [-0.05, 0) is 47.9 Å². The lowest BCUT2D eigenvalue weighted by atomic mass is 9.98. The van der Waals surface area contributed by atoms with Gasteiger partial charge in [-0.15, -0.1) is 0 Å². The van der Waals surface area contributed by atoms with Crippen molar-refractivity contribution in [3.8, 4) is 23.0 Å². The van der Waals surface area contributed by atoms with Gasteiger partial charge in [0.2, 0.25) is 5.91 Å². The number of hydrogen-bond acceptors (Lipinski definition) is 6. The Bertz CT molecular complexity index is 1090. The number of ether oxygens (including phenoxy) is 2. The van der Waals surface area contributed by atoms with Gasteiger partial charge in [-0.2, -0.15) is 5.10 Å². The smallest absolute Gasteiger partial charge is 0.267 e. The quantitative estimate of drug-likeness (QED) is 0.658. The molecule has 1 amide bonds. The maximum Gasteiger partial charge on any atom is 0.267 e. The molecule has 0 unspecified atom stereocenters. The molecular formula is C21H21N3O5. The average Bonchev–Trinajstić information content (AvgIpc) is 3.28. The molecule has 3 heterocycles. The molecule has 3 aromatic rings. The number of aromatic nitrogens is 2. The Kier molecular flexibility index (Phi) is 5.07. The van der Waals surface area contributed by atoms with Gasteiger partial charge in [0, 0.05) is 19.2 Å². The molecule has 0 saturated carbocycles. The summed E-state index contributed by atoms with van der Waals surface area (Å²) in [5.41, 5.74) is 2.30. The predicted octanol–water partition coefficient (Wildman–Crippen LogP) is 2.11. The number of nitrogens with zero attached hydrogens (tertiary/aromatic N) is 3. The Labute approximate surface area is 167 Å².